The van der Waals surface area contributed by atoms with Crippen molar-refractivity contribution < 1.29 is 9.72 Å². The zero-order chi connectivity index (χ0) is 16.6. The molecule has 1 aromatic heterocycles. The van der Waals surface area contributed by atoms with Crippen molar-refractivity contribution in [3.8, 4) is 0 Å². The monoisotopic (exact) mass is 330 g/mol. The van der Waals surface area contributed by atoms with Gasteiger partial charge in [-0.25, -0.2) is 0 Å². The molecule has 0 saturated heterocycles. The van der Waals surface area contributed by atoms with Gasteiger partial charge in [-0.15, -0.1) is 11.3 Å². The number of amides is 1. The van der Waals surface area contributed by atoms with Gasteiger partial charge in [0.15, 0.2) is 0 Å². The van der Waals surface area contributed by atoms with Crippen molar-refractivity contribution in [2.24, 2.45) is 5.92 Å². The van der Waals surface area contributed by atoms with E-state index in [1.165, 1.54) is 34.3 Å². The van der Waals surface area contributed by atoms with Crippen molar-refractivity contribution in [3.05, 3.63) is 55.3 Å². The summed E-state index contributed by atoms with van der Waals surface area (Å²) in [6.07, 6.45) is 3.22. The van der Waals surface area contributed by atoms with Crippen molar-refractivity contribution in [2.75, 3.05) is 5.32 Å². The summed E-state index contributed by atoms with van der Waals surface area (Å²) in [6, 6.07) is 6.69. The molecule has 120 valence electrons. The number of anilines is 1. The highest BCUT2D eigenvalue weighted by atomic mass is 32.1. The summed E-state index contributed by atoms with van der Waals surface area (Å²) in [5.41, 5.74) is 2.25. The van der Waals surface area contributed by atoms with Gasteiger partial charge in [-0.05, 0) is 49.8 Å². The third-order valence-electron chi connectivity index (χ3n) is 4.30. The SMILES string of the molecule is Cc1c(NC(=O)c2cc3c(s2)CC[C@H](C)C3)cccc1[N+](=O)[O-]. The smallest absolute Gasteiger partial charge is 0.274 e. The lowest BCUT2D eigenvalue weighted by Crippen LogP contribution is -2.11. The molecule has 1 atom stereocenters. The zero-order valence-electron chi connectivity index (χ0n) is 13.1. The van der Waals surface area contributed by atoms with E-state index in [0.717, 1.165) is 12.8 Å². The molecule has 0 bridgehead atoms. The Bertz CT molecular complexity index is 782. The van der Waals surface area contributed by atoms with Crippen LogP contribution in [0.1, 0.15) is 39.0 Å². The van der Waals surface area contributed by atoms with Gasteiger partial charge in [0, 0.05) is 10.9 Å². The van der Waals surface area contributed by atoms with Gasteiger partial charge < -0.3 is 5.32 Å². The molecular formula is C17H18N2O3S. The lowest BCUT2D eigenvalue weighted by molar-refractivity contribution is -0.385. The van der Waals surface area contributed by atoms with Gasteiger partial charge in [-0.3, -0.25) is 14.9 Å². The maximum atomic E-state index is 12.5. The standard InChI is InChI=1S/C17H18N2O3S/c1-10-6-7-15-12(8-10)9-16(23-15)17(20)18-13-4-3-5-14(11(13)2)19(21)22/h3-5,9-10H,6-8H2,1-2H3,(H,18,20)/t10-/m0/s1. The van der Waals surface area contributed by atoms with Crippen LogP contribution < -0.4 is 5.32 Å². The van der Waals surface area contributed by atoms with Crippen molar-refractivity contribution >= 4 is 28.6 Å². The lowest BCUT2D eigenvalue weighted by Gasteiger charge is -2.16. The summed E-state index contributed by atoms with van der Waals surface area (Å²) in [6.45, 7) is 3.88. The minimum absolute atomic E-state index is 0.0158. The predicted molar refractivity (Wildman–Crippen MR) is 91.3 cm³/mol. The highest BCUT2D eigenvalue weighted by Crippen LogP contribution is 2.33. The number of hydrogen-bond donors (Lipinski definition) is 1. The average Bonchev–Trinajstić information content (AvgIpc) is 2.92. The summed E-state index contributed by atoms with van der Waals surface area (Å²) in [4.78, 5) is 25.0. The highest BCUT2D eigenvalue weighted by molar-refractivity contribution is 7.14. The molecule has 1 heterocycles. The van der Waals surface area contributed by atoms with E-state index in [-0.39, 0.29) is 11.6 Å². The van der Waals surface area contributed by atoms with Crippen LogP contribution in [0, 0.1) is 23.0 Å². The number of nitrogens with one attached hydrogen (secondary N) is 1. The molecule has 1 aliphatic carbocycles. The number of benzene rings is 1. The van der Waals surface area contributed by atoms with Crippen LogP contribution in [-0.4, -0.2) is 10.8 Å². The third kappa shape index (κ3) is 3.12. The molecule has 0 unspecified atom stereocenters. The zero-order valence-corrected chi connectivity index (χ0v) is 13.9. The van der Waals surface area contributed by atoms with Crippen LogP contribution in [-0.2, 0) is 12.8 Å². The summed E-state index contributed by atoms with van der Waals surface area (Å²) in [7, 11) is 0. The van der Waals surface area contributed by atoms with Gasteiger partial charge in [0.05, 0.1) is 21.1 Å². The Hall–Kier alpha value is -2.21. The third-order valence-corrected chi connectivity index (χ3v) is 5.54. The summed E-state index contributed by atoms with van der Waals surface area (Å²) in [5.74, 6) is 0.465. The second-order valence-electron chi connectivity index (χ2n) is 6.07. The molecule has 6 heteroatoms. The number of hydrogen-bond acceptors (Lipinski definition) is 4. The van der Waals surface area contributed by atoms with Gasteiger partial charge in [-0.2, -0.15) is 0 Å². The van der Waals surface area contributed by atoms with Crippen LogP contribution in [0.15, 0.2) is 24.3 Å². The van der Waals surface area contributed by atoms with Gasteiger partial charge >= 0.3 is 0 Å². The first-order valence-corrected chi connectivity index (χ1v) is 8.44. The van der Waals surface area contributed by atoms with E-state index in [4.69, 9.17) is 0 Å². The Labute approximate surface area is 138 Å². The van der Waals surface area contributed by atoms with Crippen LogP contribution in [0.25, 0.3) is 0 Å². The van der Waals surface area contributed by atoms with Crippen molar-refractivity contribution in [1.29, 1.82) is 0 Å². The van der Waals surface area contributed by atoms with E-state index in [1.807, 2.05) is 6.07 Å². The quantitative estimate of drug-likeness (QED) is 0.672. The number of rotatable bonds is 3. The Morgan fingerprint density at radius 2 is 2.22 bits per heavy atom. The van der Waals surface area contributed by atoms with Crippen LogP contribution in [0.2, 0.25) is 0 Å². The molecular weight excluding hydrogens is 312 g/mol. The number of nitro groups is 1. The first kappa shape index (κ1) is 15.7. The van der Waals surface area contributed by atoms with E-state index in [9.17, 15) is 14.9 Å². The molecule has 0 fully saturated rings. The number of aryl methyl sites for hydroxylation is 1. The fourth-order valence-corrected chi connectivity index (χ4v) is 4.06. The van der Waals surface area contributed by atoms with Gasteiger partial charge in [0.2, 0.25) is 0 Å². The number of thiophene rings is 1. The molecule has 1 aromatic carbocycles. The Kier molecular flexibility index (Phi) is 4.17. The molecule has 3 rings (SSSR count). The van der Waals surface area contributed by atoms with Crippen molar-refractivity contribution in [3.63, 3.8) is 0 Å². The summed E-state index contributed by atoms with van der Waals surface area (Å²) in [5, 5.41) is 13.8. The minimum atomic E-state index is -0.434. The fraction of sp³-hybridized carbons (Fsp3) is 0.353. The number of fused-ring (bicyclic) bond motifs is 1. The van der Waals surface area contributed by atoms with Crippen LogP contribution in [0.3, 0.4) is 0 Å². The molecule has 0 aliphatic heterocycles. The maximum Gasteiger partial charge on any atom is 0.274 e. The van der Waals surface area contributed by atoms with Crippen LogP contribution in [0.4, 0.5) is 11.4 Å². The fourth-order valence-electron chi connectivity index (χ4n) is 2.96. The van der Waals surface area contributed by atoms with E-state index in [1.54, 1.807) is 19.1 Å². The van der Waals surface area contributed by atoms with E-state index in [2.05, 4.69) is 12.2 Å². The minimum Gasteiger partial charge on any atom is -0.321 e. The molecule has 23 heavy (non-hydrogen) atoms. The largest absolute Gasteiger partial charge is 0.321 e. The number of nitrogens with zero attached hydrogens (tertiary/aromatic N) is 1. The second kappa shape index (κ2) is 6.12. The molecule has 0 spiro atoms. The first-order chi connectivity index (χ1) is 11.0. The van der Waals surface area contributed by atoms with Crippen molar-refractivity contribution in [1.82, 2.24) is 0 Å². The maximum absolute atomic E-state index is 12.5. The number of carbonyl (C=O) groups is 1. The Morgan fingerprint density at radius 1 is 1.43 bits per heavy atom. The predicted octanol–water partition coefficient (Wildman–Crippen LogP) is 4.34. The van der Waals surface area contributed by atoms with E-state index in [0.29, 0.717) is 22.0 Å². The molecule has 1 N–H and O–H groups in total. The number of carbonyl (C=O) groups excluding carboxylic acids is 1. The summed E-state index contributed by atoms with van der Waals surface area (Å²) < 4.78 is 0. The molecule has 0 radical (unpaired) electrons. The second-order valence-corrected chi connectivity index (χ2v) is 7.20. The molecule has 1 amide bonds. The van der Waals surface area contributed by atoms with Crippen molar-refractivity contribution in [2.45, 2.75) is 33.1 Å². The first-order valence-electron chi connectivity index (χ1n) is 7.62. The van der Waals surface area contributed by atoms with E-state index >= 15 is 0 Å². The average molecular weight is 330 g/mol. The molecule has 2 aromatic rings. The highest BCUT2D eigenvalue weighted by Gasteiger charge is 2.21. The van der Waals surface area contributed by atoms with Crippen LogP contribution >= 0.6 is 11.3 Å². The summed E-state index contributed by atoms with van der Waals surface area (Å²) >= 11 is 1.54. The van der Waals surface area contributed by atoms with Gasteiger partial charge in [-0.1, -0.05) is 13.0 Å². The molecule has 5 nitrogen and oxygen atoms in total. The normalized spacial score (nSPS) is 16.7. The van der Waals surface area contributed by atoms with Gasteiger partial charge in [0.1, 0.15) is 0 Å². The lowest BCUT2D eigenvalue weighted by atomic mass is 9.90. The molecule has 1 aliphatic rings. The van der Waals surface area contributed by atoms with Gasteiger partial charge in [0.25, 0.3) is 11.6 Å². The Balaban J connectivity index is 1.83. The topological polar surface area (TPSA) is 72.2 Å². The molecule has 0 saturated carbocycles. The number of nitro benzene ring substituents is 1. The van der Waals surface area contributed by atoms with E-state index < -0.39 is 4.92 Å². The Morgan fingerprint density at radius 3 is 2.96 bits per heavy atom. The van der Waals surface area contributed by atoms with Crippen LogP contribution in [0.5, 0.6) is 0 Å².